The lowest BCUT2D eigenvalue weighted by atomic mass is 10.0. The Bertz CT molecular complexity index is 145. The number of rotatable bonds is 8. The van der Waals surface area contributed by atoms with Crippen LogP contribution >= 0.6 is 0 Å². The predicted octanol–water partition coefficient (Wildman–Crippen LogP) is 2.74. The van der Waals surface area contributed by atoms with Gasteiger partial charge in [0, 0.05) is 12.1 Å². The zero-order valence-electron chi connectivity index (χ0n) is 11.5. The van der Waals surface area contributed by atoms with Crippen LogP contribution in [0, 0.1) is 5.92 Å². The highest BCUT2D eigenvalue weighted by Crippen LogP contribution is 2.09. The van der Waals surface area contributed by atoms with Gasteiger partial charge >= 0.3 is 0 Å². The van der Waals surface area contributed by atoms with Gasteiger partial charge < -0.3 is 10.2 Å². The molecular weight excluding hydrogens is 184 g/mol. The van der Waals surface area contributed by atoms with Crippen LogP contribution < -0.4 is 5.32 Å². The molecule has 0 spiro atoms. The van der Waals surface area contributed by atoms with E-state index in [-0.39, 0.29) is 0 Å². The van der Waals surface area contributed by atoms with E-state index in [1.165, 1.54) is 19.4 Å². The molecule has 0 aromatic carbocycles. The van der Waals surface area contributed by atoms with E-state index in [1.807, 2.05) is 0 Å². The fourth-order valence-electron chi connectivity index (χ4n) is 1.81. The number of nitrogens with zero attached hydrogens (tertiary/aromatic N) is 1. The molecule has 2 heteroatoms. The van der Waals surface area contributed by atoms with Crippen LogP contribution in [0.4, 0.5) is 0 Å². The van der Waals surface area contributed by atoms with Crippen molar-refractivity contribution in [1.82, 2.24) is 10.2 Å². The summed E-state index contributed by atoms with van der Waals surface area (Å²) in [5, 5.41) is 3.45. The van der Waals surface area contributed by atoms with E-state index in [2.05, 4.69) is 51.9 Å². The van der Waals surface area contributed by atoms with E-state index < -0.39 is 0 Å². The van der Waals surface area contributed by atoms with E-state index in [0.717, 1.165) is 12.5 Å². The van der Waals surface area contributed by atoms with Gasteiger partial charge in [-0.1, -0.05) is 20.8 Å². The summed E-state index contributed by atoms with van der Waals surface area (Å²) >= 11 is 0. The zero-order valence-corrected chi connectivity index (χ0v) is 11.5. The van der Waals surface area contributed by atoms with Crippen LogP contribution in [0.15, 0.2) is 0 Å². The Morgan fingerprint density at radius 3 is 2.20 bits per heavy atom. The first-order valence-corrected chi connectivity index (χ1v) is 6.42. The molecule has 92 valence electrons. The van der Waals surface area contributed by atoms with E-state index in [0.29, 0.717) is 12.1 Å². The third kappa shape index (κ3) is 6.91. The molecule has 0 aliphatic heterocycles. The smallest absolute Gasteiger partial charge is 0.00868 e. The molecule has 0 aliphatic carbocycles. The van der Waals surface area contributed by atoms with Gasteiger partial charge in [-0.3, -0.25) is 0 Å². The van der Waals surface area contributed by atoms with Crippen molar-refractivity contribution >= 4 is 0 Å². The number of hydrogen-bond donors (Lipinski definition) is 1. The Morgan fingerprint density at radius 2 is 1.73 bits per heavy atom. The predicted molar refractivity (Wildman–Crippen MR) is 69.3 cm³/mol. The molecule has 15 heavy (non-hydrogen) atoms. The molecule has 0 aromatic rings. The Kier molecular flexibility index (Phi) is 8.07. The van der Waals surface area contributed by atoms with Crippen LogP contribution in [0.3, 0.4) is 0 Å². The molecule has 0 fully saturated rings. The summed E-state index contributed by atoms with van der Waals surface area (Å²) in [4.78, 5) is 2.48. The van der Waals surface area contributed by atoms with Gasteiger partial charge in [0.1, 0.15) is 0 Å². The molecule has 0 aliphatic rings. The summed E-state index contributed by atoms with van der Waals surface area (Å²) in [6, 6.07) is 1.36. The van der Waals surface area contributed by atoms with Crippen LogP contribution in [0.25, 0.3) is 0 Å². The van der Waals surface area contributed by atoms with Crippen molar-refractivity contribution in [3.63, 3.8) is 0 Å². The fraction of sp³-hybridized carbons (Fsp3) is 1.00. The van der Waals surface area contributed by atoms with E-state index >= 15 is 0 Å². The molecule has 0 saturated heterocycles. The number of nitrogens with one attached hydrogen (secondary N) is 1. The second-order valence-corrected chi connectivity index (χ2v) is 5.07. The maximum atomic E-state index is 3.45. The standard InChI is InChI=1S/C13H30N2/c1-7-14-12(4)9-8-10-15(6)13(5)11(2)3/h11-14H,7-10H2,1-6H3. The van der Waals surface area contributed by atoms with Crippen LogP contribution in [-0.2, 0) is 0 Å². The van der Waals surface area contributed by atoms with Crippen molar-refractivity contribution in [3.05, 3.63) is 0 Å². The average Bonchev–Trinajstić information content (AvgIpc) is 2.16. The normalized spacial score (nSPS) is 16.0. The Morgan fingerprint density at radius 1 is 1.13 bits per heavy atom. The minimum absolute atomic E-state index is 0.665. The second kappa shape index (κ2) is 8.12. The lowest BCUT2D eigenvalue weighted by Crippen LogP contribution is -2.35. The summed E-state index contributed by atoms with van der Waals surface area (Å²) in [6.07, 6.45) is 2.57. The van der Waals surface area contributed by atoms with Crippen LogP contribution in [0.5, 0.6) is 0 Å². The van der Waals surface area contributed by atoms with Gasteiger partial charge in [0.25, 0.3) is 0 Å². The lowest BCUT2D eigenvalue weighted by molar-refractivity contribution is 0.202. The summed E-state index contributed by atoms with van der Waals surface area (Å²) in [6.45, 7) is 13.6. The monoisotopic (exact) mass is 214 g/mol. The molecule has 0 amide bonds. The number of hydrogen-bond acceptors (Lipinski definition) is 2. The second-order valence-electron chi connectivity index (χ2n) is 5.07. The molecule has 0 rings (SSSR count). The average molecular weight is 214 g/mol. The topological polar surface area (TPSA) is 15.3 Å². The third-order valence-corrected chi connectivity index (χ3v) is 3.36. The third-order valence-electron chi connectivity index (χ3n) is 3.36. The van der Waals surface area contributed by atoms with Gasteiger partial charge in [0.05, 0.1) is 0 Å². The first-order valence-electron chi connectivity index (χ1n) is 6.42. The van der Waals surface area contributed by atoms with Crippen LogP contribution in [0.2, 0.25) is 0 Å². The molecule has 0 aromatic heterocycles. The molecule has 0 saturated carbocycles. The van der Waals surface area contributed by atoms with E-state index in [1.54, 1.807) is 0 Å². The molecule has 2 nitrogen and oxygen atoms in total. The Balaban J connectivity index is 3.58. The molecule has 0 radical (unpaired) electrons. The largest absolute Gasteiger partial charge is 0.315 e. The van der Waals surface area contributed by atoms with Crippen molar-refractivity contribution < 1.29 is 0 Å². The van der Waals surface area contributed by atoms with Crippen molar-refractivity contribution in [1.29, 1.82) is 0 Å². The van der Waals surface area contributed by atoms with Crippen molar-refractivity contribution in [2.24, 2.45) is 5.92 Å². The van der Waals surface area contributed by atoms with Gasteiger partial charge in [0.15, 0.2) is 0 Å². The lowest BCUT2D eigenvalue weighted by Gasteiger charge is -2.28. The van der Waals surface area contributed by atoms with Crippen LogP contribution in [-0.4, -0.2) is 37.1 Å². The Labute approximate surface area is 96.4 Å². The van der Waals surface area contributed by atoms with Crippen molar-refractivity contribution in [2.75, 3.05) is 20.1 Å². The van der Waals surface area contributed by atoms with Gasteiger partial charge in [-0.2, -0.15) is 0 Å². The van der Waals surface area contributed by atoms with E-state index in [4.69, 9.17) is 0 Å². The minimum Gasteiger partial charge on any atom is -0.315 e. The van der Waals surface area contributed by atoms with E-state index in [9.17, 15) is 0 Å². The zero-order chi connectivity index (χ0) is 11.8. The SMILES string of the molecule is CCNC(C)CCCN(C)C(C)C(C)C. The van der Waals surface area contributed by atoms with Crippen molar-refractivity contribution in [2.45, 2.75) is 59.5 Å². The first kappa shape index (κ1) is 14.9. The highest BCUT2D eigenvalue weighted by atomic mass is 15.1. The molecule has 2 atom stereocenters. The molecule has 0 bridgehead atoms. The van der Waals surface area contributed by atoms with Crippen LogP contribution in [0.1, 0.15) is 47.5 Å². The van der Waals surface area contributed by atoms with Gasteiger partial charge in [-0.25, -0.2) is 0 Å². The molecule has 1 N–H and O–H groups in total. The first-order chi connectivity index (χ1) is 6.99. The highest BCUT2D eigenvalue weighted by Gasteiger charge is 2.12. The van der Waals surface area contributed by atoms with Gasteiger partial charge in [-0.05, 0) is 52.7 Å². The molecule has 2 unspecified atom stereocenters. The molecule has 0 heterocycles. The fourth-order valence-corrected chi connectivity index (χ4v) is 1.81. The van der Waals surface area contributed by atoms with Crippen molar-refractivity contribution in [3.8, 4) is 0 Å². The summed E-state index contributed by atoms with van der Waals surface area (Å²) in [7, 11) is 2.24. The maximum Gasteiger partial charge on any atom is 0.00868 e. The summed E-state index contributed by atoms with van der Waals surface area (Å²) in [5.74, 6) is 0.751. The minimum atomic E-state index is 0.665. The molecular formula is C13H30N2. The summed E-state index contributed by atoms with van der Waals surface area (Å²) < 4.78 is 0. The summed E-state index contributed by atoms with van der Waals surface area (Å²) in [5.41, 5.74) is 0. The Hall–Kier alpha value is -0.0800. The highest BCUT2D eigenvalue weighted by molar-refractivity contribution is 4.68. The quantitative estimate of drug-likeness (QED) is 0.668. The maximum absolute atomic E-state index is 3.45. The van der Waals surface area contributed by atoms with Gasteiger partial charge in [0.2, 0.25) is 0 Å². The van der Waals surface area contributed by atoms with Gasteiger partial charge in [-0.15, -0.1) is 0 Å².